The lowest BCUT2D eigenvalue weighted by molar-refractivity contribution is 0.590. The fourth-order valence-corrected chi connectivity index (χ4v) is 2.98. The molecule has 0 aliphatic carbocycles. The van der Waals surface area contributed by atoms with Crippen LogP contribution in [0, 0.1) is 0 Å². The molecule has 0 radical (unpaired) electrons. The maximum atomic E-state index is 12.2. The van der Waals surface area contributed by atoms with E-state index >= 15 is 0 Å². The SMILES string of the molecule is CN(c1ccc(Br)cc1N)S(=O)(=O)c1ccn[nH]1. The number of nitrogens with one attached hydrogen (secondary N) is 1. The Hall–Kier alpha value is -1.54. The number of anilines is 2. The van der Waals surface area contributed by atoms with Crippen LogP contribution in [0.15, 0.2) is 40.0 Å². The molecule has 0 fully saturated rings. The molecule has 8 heteroatoms. The maximum Gasteiger partial charge on any atom is 0.281 e. The Morgan fingerprint density at radius 2 is 2.11 bits per heavy atom. The highest BCUT2D eigenvalue weighted by Crippen LogP contribution is 2.29. The molecule has 0 saturated heterocycles. The molecule has 18 heavy (non-hydrogen) atoms. The summed E-state index contributed by atoms with van der Waals surface area (Å²) in [6.45, 7) is 0. The van der Waals surface area contributed by atoms with Crippen molar-refractivity contribution in [2.24, 2.45) is 0 Å². The van der Waals surface area contributed by atoms with Gasteiger partial charge in [-0.1, -0.05) is 15.9 Å². The number of nitrogens with two attached hydrogens (primary N) is 1. The summed E-state index contributed by atoms with van der Waals surface area (Å²) < 4.78 is 26.3. The first-order chi connectivity index (χ1) is 8.43. The molecule has 1 aromatic heterocycles. The number of benzene rings is 1. The Kier molecular flexibility index (Phi) is 3.31. The largest absolute Gasteiger partial charge is 0.397 e. The molecule has 0 aliphatic rings. The first-order valence-corrected chi connectivity index (χ1v) is 7.19. The molecule has 0 aliphatic heterocycles. The van der Waals surface area contributed by atoms with Gasteiger partial charge in [0.05, 0.1) is 17.6 Å². The molecule has 3 N–H and O–H groups in total. The second-order valence-corrected chi connectivity index (χ2v) is 6.45. The van der Waals surface area contributed by atoms with Crippen LogP contribution in [0.3, 0.4) is 0 Å². The summed E-state index contributed by atoms with van der Waals surface area (Å²) in [5.74, 6) is 0. The van der Waals surface area contributed by atoms with Gasteiger partial charge in [0.1, 0.15) is 0 Å². The van der Waals surface area contributed by atoms with E-state index in [0.29, 0.717) is 11.4 Å². The fraction of sp³-hybridized carbons (Fsp3) is 0.100. The Balaban J connectivity index is 2.46. The molecule has 96 valence electrons. The Bertz CT molecular complexity index is 655. The van der Waals surface area contributed by atoms with Crippen molar-refractivity contribution in [3.05, 3.63) is 34.9 Å². The zero-order valence-electron chi connectivity index (χ0n) is 9.46. The number of sulfonamides is 1. The zero-order chi connectivity index (χ0) is 13.3. The van der Waals surface area contributed by atoms with E-state index in [-0.39, 0.29) is 5.03 Å². The van der Waals surface area contributed by atoms with Gasteiger partial charge in [0, 0.05) is 11.5 Å². The van der Waals surface area contributed by atoms with Gasteiger partial charge in [0.15, 0.2) is 5.03 Å². The molecule has 2 aromatic rings. The van der Waals surface area contributed by atoms with Crippen LogP contribution in [0.4, 0.5) is 11.4 Å². The predicted octanol–water partition coefficient (Wildman–Crippen LogP) is 1.58. The van der Waals surface area contributed by atoms with E-state index in [1.54, 1.807) is 18.2 Å². The summed E-state index contributed by atoms with van der Waals surface area (Å²) in [7, 11) is -2.22. The number of aromatic nitrogens is 2. The highest BCUT2D eigenvalue weighted by molar-refractivity contribution is 9.10. The lowest BCUT2D eigenvalue weighted by atomic mass is 10.3. The number of nitrogens with zero attached hydrogens (tertiary/aromatic N) is 2. The summed E-state index contributed by atoms with van der Waals surface area (Å²) in [5.41, 5.74) is 6.59. The zero-order valence-corrected chi connectivity index (χ0v) is 11.9. The van der Waals surface area contributed by atoms with Crippen LogP contribution in [0.25, 0.3) is 0 Å². The van der Waals surface area contributed by atoms with Crippen molar-refractivity contribution in [2.75, 3.05) is 17.1 Å². The van der Waals surface area contributed by atoms with Gasteiger partial charge in [-0.05, 0) is 24.3 Å². The fourth-order valence-electron chi connectivity index (χ4n) is 1.48. The van der Waals surface area contributed by atoms with Crippen LogP contribution < -0.4 is 10.0 Å². The average Bonchev–Trinajstić information content (AvgIpc) is 2.82. The van der Waals surface area contributed by atoms with Crippen LogP contribution in [-0.4, -0.2) is 25.7 Å². The van der Waals surface area contributed by atoms with E-state index in [4.69, 9.17) is 5.73 Å². The van der Waals surface area contributed by atoms with Crippen molar-refractivity contribution in [2.45, 2.75) is 5.03 Å². The van der Waals surface area contributed by atoms with Crippen LogP contribution in [0.5, 0.6) is 0 Å². The minimum atomic E-state index is -3.66. The van der Waals surface area contributed by atoms with E-state index < -0.39 is 10.0 Å². The quantitative estimate of drug-likeness (QED) is 0.835. The minimum absolute atomic E-state index is 0.0207. The monoisotopic (exact) mass is 330 g/mol. The van der Waals surface area contributed by atoms with Crippen molar-refractivity contribution in [1.82, 2.24) is 10.2 Å². The number of aromatic amines is 1. The van der Waals surface area contributed by atoms with E-state index in [0.717, 1.165) is 8.78 Å². The number of rotatable bonds is 3. The molecular formula is C10H11BrN4O2S. The summed E-state index contributed by atoms with van der Waals surface area (Å²) in [4.78, 5) is 0. The van der Waals surface area contributed by atoms with E-state index in [1.165, 1.54) is 19.3 Å². The molecular weight excluding hydrogens is 320 g/mol. The average molecular weight is 331 g/mol. The van der Waals surface area contributed by atoms with Gasteiger partial charge in [-0.15, -0.1) is 0 Å². The number of hydrogen-bond acceptors (Lipinski definition) is 4. The molecule has 6 nitrogen and oxygen atoms in total. The van der Waals surface area contributed by atoms with Gasteiger partial charge < -0.3 is 5.73 Å². The summed E-state index contributed by atoms with van der Waals surface area (Å²) in [6, 6.07) is 6.40. The number of H-pyrrole nitrogens is 1. The van der Waals surface area contributed by atoms with Gasteiger partial charge in [0.25, 0.3) is 10.0 Å². The van der Waals surface area contributed by atoms with Crippen molar-refractivity contribution >= 4 is 37.3 Å². The molecule has 1 heterocycles. The predicted molar refractivity (Wildman–Crippen MR) is 72.7 cm³/mol. The molecule has 0 amide bonds. The van der Waals surface area contributed by atoms with Crippen LogP contribution in [-0.2, 0) is 10.0 Å². The lowest BCUT2D eigenvalue weighted by Gasteiger charge is -2.20. The lowest BCUT2D eigenvalue weighted by Crippen LogP contribution is -2.27. The normalized spacial score (nSPS) is 11.4. The Labute approximate surface area is 113 Å². The Morgan fingerprint density at radius 3 is 2.67 bits per heavy atom. The highest BCUT2D eigenvalue weighted by atomic mass is 79.9. The van der Waals surface area contributed by atoms with E-state index in [2.05, 4.69) is 26.1 Å². The molecule has 1 aromatic carbocycles. The third-order valence-corrected chi connectivity index (χ3v) is 4.64. The van der Waals surface area contributed by atoms with Gasteiger partial charge in [-0.2, -0.15) is 13.5 Å². The van der Waals surface area contributed by atoms with Crippen molar-refractivity contribution in [1.29, 1.82) is 0 Å². The van der Waals surface area contributed by atoms with E-state index in [9.17, 15) is 8.42 Å². The standard InChI is InChI=1S/C10H11BrN4O2S/c1-15(9-3-2-7(11)6-8(9)12)18(16,17)10-4-5-13-14-10/h2-6H,12H2,1H3,(H,13,14). The molecule has 0 unspecified atom stereocenters. The van der Waals surface area contributed by atoms with Gasteiger partial charge in [-0.25, -0.2) is 0 Å². The van der Waals surface area contributed by atoms with Gasteiger partial charge >= 0.3 is 0 Å². The van der Waals surface area contributed by atoms with Crippen molar-refractivity contribution in [3.8, 4) is 0 Å². The third-order valence-electron chi connectivity index (χ3n) is 2.44. The summed E-state index contributed by atoms with van der Waals surface area (Å²) >= 11 is 3.27. The number of hydrogen-bond donors (Lipinski definition) is 2. The molecule has 2 rings (SSSR count). The Morgan fingerprint density at radius 1 is 1.39 bits per heavy atom. The molecule has 0 spiro atoms. The van der Waals surface area contributed by atoms with Crippen LogP contribution in [0.1, 0.15) is 0 Å². The summed E-state index contributed by atoms with van der Waals surface area (Å²) in [6.07, 6.45) is 1.38. The second-order valence-electron chi connectivity index (χ2n) is 3.60. The summed E-state index contributed by atoms with van der Waals surface area (Å²) in [5, 5.41) is 6.08. The second kappa shape index (κ2) is 4.62. The third kappa shape index (κ3) is 2.21. The van der Waals surface area contributed by atoms with Gasteiger partial charge in [-0.3, -0.25) is 9.40 Å². The highest BCUT2D eigenvalue weighted by Gasteiger charge is 2.23. The van der Waals surface area contributed by atoms with Crippen LogP contribution in [0.2, 0.25) is 0 Å². The van der Waals surface area contributed by atoms with Crippen LogP contribution >= 0.6 is 15.9 Å². The first kappa shape index (κ1) is 12.9. The van der Waals surface area contributed by atoms with Gasteiger partial charge in [0.2, 0.25) is 0 Å². The first-order valence-electron chi connectivity index (χ1n) is 4.96. The molecule has 0 saturated carbocycles. The minimum Gasteiger partial charge on any atom is -0.397 e. The maximum absolute atomic E-state index is 12.2. The number of halogens is 1. The van der Waals surface area contributed by atoms with Crippen molar-refractivity contribution in [3.63, 3.8) is 0 Å². The molecule has 0 atom stereocenters. The molecule has 0 bridgehead atoms. The number of nitrogen functional groups attached to an aromatic ring is 1. The van der Waals surface area contributed by atoms with Crippen molar-refractivity contribution < 1.29 is 8.42 Å². The topological polar surface area (TPSA) is 92.1 Å². The van der Waals surface area contributed by atoms with E-state index in [1.807, 2.05) is 0 Å². The smallest absolute Gasteiger partial charge is 0.281 e.